The normalized spacial score (nSPS) is 16.7. The first-order valence-corrected chi connectivity index (χ1v) is 6.29. The molecule has 2 atom stereocenters. The van der Waals surface area contributed by atoms with Crippen LogP contribution >= 0.6 is 0 Å². The molecule has 0 saturated heterocycles. The third-order valence-electron chi connectivity index (χ3n) is 3.41. The molecule has 0 bridgehead atoms. The van der Waals surface area contributed by atoms with Gasteiger partial charge in [0.05, 0.1) is 24.3 Å². The highest BCUT2D eigenvalue weighted by molar-refractivity contribution is 6.21. The maximum Gasteiger partial charge on any atom is 0.313 e. The van der Waals surface area contributed by atoms with Crippen LogP contribution in [0.2, 0.25) is 0 Å². The van der Waals surface area contributed by atoms with E-state index in [-0.39, 0.29) is 17.7 Å². The molecule has 112 valence electrons. The topological polar surface area (TPSA) is 83.9 Å². The predicted octanol–water partition coefficient (Wildman–Crippen LogP) is 0.592. The highest BCUT2D eigenvalue weighted by Gasteiger charge is 2.41. The molecule has 0 fully saturated rings. The first kappa shape index (κ1) is 15.1. The number of amides is 2. The van der Waals surface area contributed by atoms with Gasteiger partial charge in [-0.3, -0.25) is 19.3 Å². The Morgan fingerprint density at radius 2 is 2.05 bits per heavy atom. The van der Waals surface area contributed by atoms with Crippen molar-refractivity contribution >= 4 is 17.8 Å². The number of esters is 1. The van der Waals surface area contributed by atoms with E-state index in [1.165, 1.54) is 19.1 Å². The maximum atomic E-state index is 13.7. The minimum absolute atomic E-state index is 0.0470. The molecule has 6 nitrogen and oxygen atoms in total. The van der Waals surface area contributed by atoms with E-state index in [1.807, 2.05) is 0 Å². The Labute approximate surface area is 120 Å². The van der Waals surface area contributed by atoms with Crippen molar-refractivity contribution in [3.63, 3.8) is 0 Å². The highest BCUT2D eigenvalue weighted by Crippen LogP contribution is 2.26. The van der Waals surface area contributed by atoms with Crippen LogP contribution in [0, 0.1) is 11.7 Å². The summed E-state index contributed by atoms with van der Waals surface area (Å²) in [6.07, 6.45) is -1.12. The van der Waals surface area contributed by atoms with E-state index >= 15 is 0 Å². The molecule has 1 aromatic rings. The number of aliphatic hydroxyl groups excluding tert-OH is 1. The Bertz CT molecular complexity index is 613. The Balaban J connectivity index is 2.31. The first-order valence-electron chi connectivity index (χ1n) is 6.29. The van der Waals surface area contributed by atoms with Crippen LogP contribution in [0.25, 0.3) is 0 Å². The number of carbonyl (C=O) groups excluding carboxylic acids is 3. The Morgan fingerprint density at radius 3 is 2.57 bits per heavy atom. The van der Waals surface area contributed by atoms with Gasteiger partial charge in [0.2, 0.25) is 0 Å². The molecule has 0 spiro atoms. The van der Waals surface area contributed by atoms with Gasteiger partial charge in [-0.1, -0.05) is 6.07 Å². The van der Waals surface area contributed by atoms with Crippen LogP contribution in [0.3, 0.4) is 0 Å². The van der Waals surface area contributed by atoms with Crippen molar-refractivity contribution < 1.29 is 28.6 Å². The van der Waals surface area contributed by atoms with Crippen LogP contribution in [0.4, 0.5) is 4.39 Å². The highest BCUT2D eigenvalue weighted by atomic mass is 19.1. The third-order valence-corrected chi connectivity index (χ3v) is 3.41. The van der Waals surface area contributed by atoms with Gasteiger partial charge in [0.25, 0.3) is 11.8 Å². The summed E-state index contributed by atoms with van der Waals surface area (Å²) in [6, 6.07) is 3.75. The Hall–Kier alpha value is -2.28. The monoisotopic (exact) mass is 295 g/mol. The molecule has 1 heterocycles. The van der Waals surface area contributed by atoms with Gasteiger partial charge in [-0.2, -0.15) is 0 Å². The third kappa shape index (κ3) is 2.52. The molecule has 0 aromatic heterocycles. The minimum atomic E-state index is -1.12. The molecule has 21 heavy (non-hydrogen) atoms. The number of ether oxygens (including phenoxy) is 1. The lowest BCUT2D eigenvalue weighted by Gasteiger charge is -2.22. The van der Waals surface area contributed by atoms with E-state index in [2.05, 4.69) is 4.74 Å². The SMILES string of the molecule is COC(=O)C(CN1C(=O)c2cccc(F)c2C1=O)C(C)O. The molecule has 2 amide bonds. The van der Waals surface area contributed by atoms with Gasteiger partial charge in [0.15, 0.2) is 0 Å². The van der Waals surface area contributed by atoms with Gasteiger partial charge in [-0.15, -0.1) is 0 Å². The minimum Gasteiger partial charge on any atom is -0.469 e. The summed E-state index contributed by atoms with van der Waals surface area (Å²) >= 11 is 0. The summed E-state index contributed by atoms with van der Waals surface area (Å²) in [5.41, 5.74) is -0.356. The standard InChI is InChI=1S/C14H14FNO5/c1-7(17)9(14(20)21-2)6-16-12(18)8-4-3-5-10(15)11(8)13(16)19/h3-5,7,9,17H,6H2,1-2H3. The zero-order valence-electron chi connectivity index (χ0n) is 11.5. The lowest BCUT2D eigenvalue weighted by Crippen LogP contribution is -2.41. The fourth-order valence-electron chi connectivity index (χ4n) is 2.23. The molecule has 7 heteroatoms. The number of imide groups is 1. The number of nitrogens with zero attached hydrogens (tertiary/aromatic N) is 1. The summed E-state index contributed by atoms with van der Waals surface area (Å²) in [4.78, 5) is 36.6. The number of hydrogen-bond donors (Lipinski definition) is 1. The van der Waals surface area contributed by atoms with Crippen molar-refractivity contribution in [2.45, 2.75) is 13.0 Å². The van der Waals surface area contributed by atoms with Crippen LogP contribution in [0.15, 0.2) is 18.2 Å². The predicted molar refractivity (Wildman–Crippen MR) is 69.0 cm³/mol. The largest absolute Gasteiger partial charge is 0.469 e. The fourth-order valence-corrected chi connectivity index (χ4v) is 2.23. The molecule has 0 aliphatic carbocycles. The van der Waals surface area contributed by atoms with E-state index in [9.17, 15) is 23.9 Å². The second kappa shape index (κ2) is 5.61. The summed E-state index contributed by atoms with van der Waals surface area (Å²) in [5.74, 6) is -4.13. The second-order valence-electron chi connectivity index (χ2n) is 4.75. The van der Waals surface area contributed by atoms with Crippen molar-refractivity contribution in [3.8, 4) is 0 Å². The molecule has 1 aromatic carbocycles. The number of benzene rings is 1. The zero-order chi connectivity index (χ0) is 15.7. The van der Waals surface area contributed by atoms with E-state index in [0.29, 0.717) is 0 Å². The van der Waals surface area contributed by atoms with E-state index < -0.39 is 35.6 Å². The van der Waals surface area contributed by atoms with Crippen LogP contribution < -0.4 is 0 Å². The second-order valence-corrected chi connectivity index (χ2v) is 4.75. The number of aliphatic hydroxyl groups is 1. The van der Waals surface area contributed by atoms with Gasteiger partial charge >= 0.3 is 5.97 Å². The van der Waals surface area contributed by atoms with Crippen molar-refractivity contribution in [1.82, 2.24) is 4.90 Å². The average Bonchev–Trinajstić information content (AvgIpc) is 2.68. The fraction of sp³-hybridized carbons (Fsp3) is 0.357. The number of carbonyl (C=O) groups is 3. The lowest BCUT2D eigenvalue weighted by molar-refractivity contribution is -0.149. The molecular formula is C14H14FNO5. The Kier molecular flexibility index (Phi) is 4.04. The quantitative estimate of drug-likeness (QED) is 0.649. The number of methoxy groups -OCH3 is 1. The van der Waals surface area contributed by atoms with Crippen molar-refractivity contribution in [2.24, 2.45) is 5.92 Å². The Morgan fingerprint density at radius 1 is 1.38 bits per heavy atom. The van der Waals surface area contributed by atoms with Crippen LogP contribution in [0.5, 0.6) is 0 Å². The molecule has 1 aliphatic heterocycles. The molecule has 0 radical (unpaired) electrons. The zero-order valence-corrected chi connectivity index (χ0v) is 11.5. The van der Waals surface area contributed by atoms with Crippen molar-refractivity contribution in [2.75, 3.05) is 13.7 Å². The van der Waals surface area contributed by atoms with Crippen LogP contribution in [-0.2, 0) is 9.53 Å². The summed E-state index contributed by atoms with van der Waals surface area (Å²) in [5, 5.41) is 9.59. The smallest absolute Gasteiger partial charge is 0.313 e. The molecule has 1 N–H and O–H groups in total. The van der Waals surface area contributed by atoms with Gasteiger partial charge in [-0.05, 0) is 19.1 Å². The average molecular weight is 295 g/mol. The first-order chi connectivity index (χ1) is 9.88. The van der Waals surface area contributed by atoms with E-state index in [1.54, 1.807) is 0 Å². The molecule has 2 unspecified atom stereocenters. The van der Waals surface area contributed by atoms with Gasteiger partial charge in [0.1, 0.15) is 11.7 Å². The van der Waals surface area contributed by atoms with Gasteiger partial charge in [0, 0.05) is 6.54 Å². The van der Waals surface area contributed by atoms with E-state index in [0.717, 1.165) is 18.1 Å². The maximum absolute atomic E-state index is 13.7. The van der Waals surface area contributed by atoms with Gasteiger partial charge < -0.3 is 9.84 Å². The van der Waals surface area contributed by atoms with Crippen LogP contribution in [-0.4, -0.2) is 47.5 Å². The van der Waals surface area contributed by atoms with Crippen molar-refractivity contribution in [3.05, 3.63) is 35.1 Å². The summed E-state index contributed by atoms with van der Waals surface area (Å²) in [6.45, 7) is 0.983. The van der Waals surface area contributed by atoms with E-state index in [4.69, 9.17) is 0 Å². The van der Waals surface area contributed by atoms with Crippen molar-refractivity contribution in [1.29, 1.82) is 0 Å². The van der Waals surface area contributed by atoms with Gasteiger partial charge in [-0.25, -0.2) is 4.39 Å². The van der Waals surface area contributed by atoms with Crippen LogP contribution in [0.1, 0.15) is 27.6 Å². The number of fused-ring (bicyclic) bond motifs is 1. The number of halogens is 1. The molecule has 0 saturated carbocycles. The number of rotatable bonds is 4. The lowest BCUT2D eigenvalue weighted by atomic mass is 10.0. The molecule has 1 aliphatic rings. The molecule has 2 rings (SSSR count). The summed E-state index contributed by atoms with van der Waals surface area (Å²) in [7, 11) is 1.14. The summed E-state index contributed by atoms with van der Waals surface area (Å²) < 4.78 is 18.2. The molecular weight excluding hydrogens is 281 g/mol. The number of hydrogen-bond acceptors (Lipinski definition) is 5.